The third kappa shape index (κ3) is 3.59. The molecule has 0 saturated carbocycles. The van der Waals surface area contributed by atoms with Crippen LogP contribution in [0.3, 0.4) is 0 Å². The van der Waals surface area contributed by atoms with Crippen LogP contribution in [0.5, 0.6) is 0 Å². The predicted octanol–water partition coefficient (Wildman–Crippen LogP) is 0.849. The quantitative estimate of drug-likeness (QED) is 0.753. The summed E-state index contributed by atoms with van der Waals surface area (Å²) in [4.78, 5) is 22.9. The molecular weight excluding hydrogens is 318 g/mol. The van der Waals surface area contributed by atoms with Gasteiger partial charge in [-0.3, -0.25) is 9.59 Å². The van der Waals surface area contributed by atoms with Gasteiger partial charge in [-0.05, 0) is 25.0 Å². The zero-order chi connectivity index (χ0) is 16.1. The van der Waals surface area contributed by atoms with Gasteiger partial charge in [-0.15, -0.1) is 20.4 Å². The van der Waals surface area contributed by atoms with E-state index in [1.54, 1.807) is 6.07 Å². The highest BCUT2D eigenvalue weighted by atomic mass is 32.1. The second-order valence-electron chi connectivity index (χ2n) is 5.01. The third-order valence-electron chi connectivity index (χ3n) is 3.65. The van der Waals surface area contributed by atoms with E-state index in [0.717, 1.165) is 36.8 Å². The maximum Gasteiger partial charge on any atom is 0.213 e. The van der Waals surface area contributed by atoms with Crippen LogP contribution < -0.4 is 15.5 Å². The fourth-order valence-electron chi connectivity index (χ4n) is 2.50. The number of piperidine rings is 1. The number of nitrogens with zero attached hydrogens (tertiary/aromatic N) is 5. The lowest BCUT2D eigenvalue weighted by Gasteiger charge is -2.31. The molecule has 1 fully saturated rings. The molecule has 2 aromatic heterocycles. The molecule has 2 amide bonds. The minimum atomic E-state index is 0.343. The zero-order valence-electron chi connectivity index (χ0n) is 12.2. The maximum atomic E-state index is 10.4. The van der Waals surface area contributed by atoms with Gasteiger partial charge in [0.15, 0.2) is 11.6 Å². The van der Waals surface area contributed by atoms with E-state index in [-0.39, 0.29) is 0 Å². The van der Waals surface area contributed by atoms with E-state index in [1.165, 1.54) is 11.3 Å². The van der Waals surface area contributed by atoms with Gasteiger partial charge in [0.2, 0.25) is 18.0 Å². The highest BCUT2D eigenvalue weighted by molar-refractivity contribution is 7.15. The summed E-state index contributed by atoms with van der Waals surface area (Å²) < 4.78 is 0. The number of anilines is 3. The van der Waals surface area contributed by atoms with Crippen molar-refractivity contribution in [2.75, 3.05) is 28.6 Å². The van der Waals surface area contributed by atoms with Crippen molar-refractivity contribution in [3.05, 3.63) is 17.1 Å². The Morgan fingerprint density at radius 2 is 1.83 bits per heavy atom. The van der Waals surface area contributed by atoms with Crippen LogP contribution >= 0.6 is 11.3 Å². The highest BCUT2D eigenvalue weighted by Crippen LogP contribution is 2.32. The zero-order valence-corrected chi connectivity index (χ0v) is 13.0. The molecule has 3 rings (SSSR count). The van der Waals surface area contributed by atoms with Gasteiger partial charge in [0.05, 0.1) is 0 Å². The first-order valence-corrected chi connectivity index (χ1v) is 7.94. The molecule has 23 heavy (non-hydrogen) atoms. The largest absolute Gasteiger partial charge is 0.355 e. The fraction of sp³-hybridized carbons (Fsp3) is 0.385. The molecule has 0 spiro atoms. The number of hydrogen-bond donors (Lipinski definition) is 2. The summed E-state index contributed by atoms with van der Waals surface area (Å²) in [5, 5.41) is 22.6. The number of rotatable bonds is 6. The molecule has 0 bridgehead atoms. The summed E-state index contributed by atoms with van der Waals surface area (Å²) in [5.74, 6) is 1.57. The number of amides is 2. The lowest BCUT2D eigenvalue weighted by Crippen LogP contribution is -2.33. The molecule has 0 atom stereocenters. The fourth-order valence-corrected chi connectivity index (χ4v) is 3.37. The van der Waals surface area contributed by atoms with E-state index in [9.17, 15) is 9.59 Å². The molecular formula is C13H15N7O2S. The Bertz CT molecular complexity index is 667. The van der Waals surface area contributed by atoms with E-state index in [2.05, 4.69) is 35.9 Å². The second-order valence-corrected chi connectivity index (χ2v) is 6.02. The van der Waals surface area contributed by atoms with Crippen molar-refractivity contribution in [3.63, 3.8) is 0 Å². The predicted molar refractivity (Wildman–Crippen MR) is 85.5 cm³/mol. The van der Waals surface area contributed by atoms with Gasteiger partial charge in [0.25, 0.3) is 0 Å². The van der Waals surface area contributed by atoms with E-state index < -0.39 is 0 Å². The lowest BCUT2D eigenvalue weighted by molar-refractivity contribution is -0.106. The van der Waals surface area contributed by atoms with Crippen LogP contribution in [-0.4, -0.2) is 46.3 Å². The number of nitrogens with one attached hydrogen (secondary N) is 2. The van der Waals surface area contributed by atoms with Gasteiger partial charge in [-0.2, -0.15) is 0 Å². The number of carbonyl (C=O) groups is 2. The molecule has 2 N–H and O–H groups in total. The number of aromatic nitrogens is 4. The Balaban J connectivity index is 1.58. The average molecular weight is 333 g/mol. The molecule has 120 valence electrons. The van der Waals surface area contributed by atoms with Crippen molar-refractivity contribution in [1.82, 2.24) is 20.4 Å². The minimum Gasteiger partial charge on any atom is -0.355 e. The van der Waals surface area contributed by atoms with Gasteiger partial charge >= 0.3 is 0 Å². The van der Waals surface area contributed by atoms with E-state index in [0.29, 0.717) is 29.7 Å². The Morgan fingerprint density at radius 3 is 2.48 bits per heavy atom. The Morgan fingerprint density at radius 1 is 1.04 bits per heavy atom. The minimum absolute atomic E-state index is 0.343. The van der Waals surface area contributed by atoms with Crippen molar-refractivity contribution < 1.29 is 9.59 Å². The lowest BCUT2D eigenvalue weighted by atomic mass is 9.98. The molecule has 9 nitrogen and oxygen atoms in total. The van der Waals surface area contributed by atoms with Gasteiger partial charge in [-0.1, -0.05) is 11.3 Å². The van der Waals surface area contributed by atoms with Crippen LogP contribution in [0.15, 0.2) is 12.1 Å². The first-order chi connectivity index (χ1) is 11.3. The first-order valence-electron chi connectivity index (χ1n) is 7.12. The smallest absolute Gasteiger partial charge is 0.213 e. The molecule has 0 radical (unpaired) electrons. The van der Waals surface area contributed by atoms with E-state index in [1.807, 2.05) is 6.07 Å². The molecule has 10 heteroatoms. The summed E-state index contributed by atoms with van der Waals surface area (Å²) >= 11 is 1.42. The van der Waals surface area contributed by atoms with Crippen molar-refractivity contribution in [3.8, 4) is 0 Å². The SMILES string of the molecule is O=CNc1ccc(N2CCC(c3nnc(NC=O)s3)CC2)nn1. The summed E-state index contributed by atoms with van der Waals surface area (Å²) in [6.45, 7) is 1.69. The summed E-state index contributed by atoms with van der Waals surface area (Å²) in [6.07, 6.45) is 3.05. The summed E-state index contributed by atoms with van der Waals surface area (Å²) in [6, 6.07) is 3.57. The van der Waals surface area contributed by atoms with Crippen LogP contribution in [0, 0.1) is 0 Å². The van der Waals surface area contributed by atoms with Crippen LogP contribution in [-0.2, 0) is 9.59 Å². The van der Waals surface area contributed by atoms with Crippen LogP contribution in [0.4, 0.5) is 16.8 Å². The molecule has 1 saturated heterocycles. The standard InChI is InChI=1S/C13H15N7O2S/c21-7-14-10-1-2-11(17-16-10)20-5-3-9(4-6-20)12-18-19-13(23-12)15-8-22/h1-2,7-9H,3-6H2,(H,14,16,21)(H,15,19,22). The van der Waals surface area contributed by atoms with E-state index >= 15 is 0 Å². The molecule has 2 aromatic rings. The Hall–Kier alpha value is -2.62. The molecule has 0 aromatic carbocycles. The van der Waals surface area contributed by atoms with Crippen LogP contribution in [0.1, 0.15) is 23.8 Å². The second kappa shape index (κ2) is 7.09. The normalized spacial score (nSPS) is 15.2. The molecule has 3 heterocycles. The van der Waals surface area contributed by atoms with Crippen molar-refractivity contribution in [2.24, 2.45) is 0 Å². The maximum absolute atomic E-state index is 10.4. The molecule has 0 aliphatic carbocycles. The molecule has 1 aliphatic heterocycles. The number of carbonyl (C=O) groups excluding carboxylic acids is 2. The average Bonchev–Trinajstić information content (AvgIpc) is 3.05. The highest BCUT2D eigenvalue weighted by Gasteiger charge is 2.24. The monoisotopic (exact) mass is 333 g/mol. The van der Waals surface area contributed by atoms with Gasteiger partial charge in [-0.25, -0.2) is 0 Å². The van der Waals surface area contributed by atoms with Crippen LogP contribution in [0.25, 0.3) is 0 Å². The Kier molecular flexibility index (Phi) is 4.71. The van der Waals surface area contributed by atoms with Gasteiger partial charge < -0.3 is 15.5 Å². The van der Waals surface area contributed by atoms with Crippen molar-refractivity contribution in [2.45, 2.75) is 18.8 Å². The van der Waals surface area contributed by atoms with Gasteiger partial charge in [0, 0.05) is 19.0 Å². The molecule has 0 unspecified atom stereocenters. The summed E-state index contributed by atoms with van der Waals surface area (Å²) in [5.41, 5.74) is 0. The van der Waals surface area contributed by atoms with Crippen molar-refractivity contribution in [1.29, 1.82) is 0 Å². The van der Waals surface area contributed by atoms with E-state index in [4.69, 9.17) is 0 Å². The van der Waals surface area contributed by atoms with Gasteiger partial charge in [0.1, 0.15) is 5.01 Å². The first kappa shape index (κ1) is 15.3. The molecule has 1 aliphatic rings. The Labute approximate surface area is 136 Å². The van der Waals surface area contributed by atoms with Crippen molar-refractivity contribution >= 4 is 40.9 Å². The topological polar surface area (TPSA) is 113 Å². The number of hydrogen-bond acceptors (Lipinski definition) is 8. The van der Waals surface area contributed by atoms with Crippen LogP contribution in [0.2, 0.25) is 0 Å². The third-order valence-corrected chi connectivity index (χ3v) is 4.67. The summed E-state index contributed by atoms with van der Waals surface area (Å²) in [7, 11) is 0.